The molecule has 2 fully saturated rings. The second-order valence-corrected chi connectivity index (χ2v) is 8.34. The summed E-state index contributed by atoms with van der Waals surface area (Å²) in [6.07, 6.45) is 0.710. The van der Waals surface area contributed by atoms with Gasteiger partial charge in [-0.2, -0.15) is 0 Å². The number of thiophene rings is 1. The number of hydrogen-bond acceptors (Lipinski definition) is 5. The van der Waals surface area contributed by atoms with Crippen LogP contribution in [0.15, 0.2) is 17.5 Å². The number of hydrogen-bond donors (Lipinski definition) is 1. The molecule has 0 radical (unpaired) electrons. The summed E-state index contributed by atoms with van der Waals surface area (Å²) in [5.41, 5.74) is 0. The van der Waals surface area contributed by atoms with Gasteiger partial charge < -0.3 is 10.0 Å². The number of carboxylic acid groups (broad SMARTS) is 1. The lowest BCUT2D eigenvalue weighted by Gasteiger charge is -2.38. The van der Waals surface area contributed by atoms with Crippen molar-refractivity contribution in [2.24, 2.45) is 11.8 Å². The van der Waals surface area contributed by atoms with Crippen LogP contribution in [0.4, 0.5) is 0 Å². The van der Waals surface area contributed by atoms with E-state index in [0.29, 0.717) is 25.4 Å². The Hall–Kier alpha value is -1.44. The van der Waals surface area contributed by atoms with Crippen LogP contribution in [0.1, 0.15) is 18.2 Å². The number of carbonyl (C=O) groups excluding carboxylic acids is 1. The first-order valence-corrected chi connectivity index (χ1v) is 9.87. The Balaban J connectivity index is 1.45. The molecule has 2 atom stereocenters. The summed E-state index contributed by atoms with van der Waals surface area (Å²) in [4.78, 5) is 31.6. The fraction of sp³-hybridized carbons (Fsp3) is 0.667. The first-order valence-electron chi connectivity index (χ1n) is 8.99. The fourth-order valence-electron chi connectivity index (χ4n) is 3.84. The zero-order valence-corrected chi connectivity index (χ0v) is 15.6. The smallest absolute Gasteiger partial charge is 0.307 e. The van der Waals surface area contributed by atoms with Crippen molar-refractivity contribution >= 4 is 23.2 Å². The van der Waals surface area contributed by atoms with E-state index in [-0.39, 0.29) is 11.8 Å². The molecule has 3 heterocycles. The summed E-state index contributed by atoms with van der Waals surface area (Å²) in [6.45, 7) is 8.00. The van der Waals surface area contributed by atoms with Crippen molar-refractivity contribution in [2.75, 3.05) is 45.8 Å². The van der Waals surface area contributed by atoms with E-state index in [0.717, 1.165) is 39.3 Å². The maximum absolute atomic E-state index is 12.6. The van der Waals surface area contributed by atoms with Crippen molar-refractivity contribution in [1.82, 2.24) is 14.7 Å². The van der Waals surface area contributed by atoms with Crippen molar-refractivity contribution in [2.45, 2.75) is 19.9 Å². The number of piperidine rings is 1. The van der Waals surface area contributed by atoms with Crippen LogP contribution >= 0.6 is 11.3 Å². The highest BCUT2D eigenvalue weighted by atomic mass is 32.1. The number of nitrogens with zero attached hydrogens (tertiary/aromatic N) is 3. The van der Waals surface area contributed by atoms with Crippen LogP contribution < -0.4 is 0 Å². The van der Waals surface area contributed by atoms with E-state index in [4.69, 9.17) is 0 Å². The number of amides is 1. The van der Waals surface area contributed by atoms with E-state index >= 15 is 0 Å². The molecule has 6 nitrogen and oxygen atoms in total. The molecule has 7 heteroatoms. The average Bonchev–Trinajstić information content (AvgIpc) is 3.08. The highest BCUT2D eigenvalue weighted by Crippen LogP contribution is 2.22. The molecule has 1 aromatic rings. The van der Waals surface area contributed by atoms with E-state index in [2.05, 4.69) is 29.3 Å². The summed E-state index contributed by atoms with van der Waals surface area (Å²) < 4.78 is 0. The third kappa shape index (κ3) is 5.03. The van der Waals surface area contributed by atoms with Crippen molar-refractivity contribution in [3.8, 4) is 0 Å². The van der Waals surface area contributed by atoms with Gasteiger partial charge in [0, 0.05) is 50.7 Å². The van der Waals surface area contributed by atoms with Crippen LogP contribution in [-0.4, -0.2) is 77.5 Å². The molecule has 2 aliphatic rings. The number of likely N-dealkylation sites (tertiary alicyclic amines) is 1. The minimum Gasteiger partial charge on any atom is -0.481 e. The monoisotopic (exact) mass is 365 g/mol. The summed E-state index contributed by atoms with van der Waals surface area (Å²) in [5, 5.41) is 11.4. The Morgan fingerprint density at radius 2 is 1.96 bits per heavy atom. The highest BCUT2D eigenvalue weighted by Gasteiger charge is 2.31. The van der Waals surface area contributed by atoms with Crippen molar-refractivity contribution in [3.63, 3.8) is 0 Å². The molecule has 3 rings (SSSR count). The summed E-state index contributed by atoms with van der Waals surface area (Å²) in [5.74, 6) is -0.635. The lowest BCUT2D eigenvalue weighted by Crippen LogP contribution is -2.52. The largest absolute Gasteiger partial charge is 0.481 e. The molecule has 2 unspecified atom stereocenters. The summed E-state index contributed by atoms with van der Waals surface area (Å²) >= 11 is 1.77. The third-order valence-electron chi connectivity index (χ3n) is 5.13. The molecule has 1 N–H and O–H groups in total. The van der Waals surface area contributed by atoms with Gasteiger partial charge in [0.2, 0.25) is 5.91 Å². The molecule has 2 saturated heterocycles. The van der Waals surface area contributed by atoms with E-state index in [1.165, 1.54) is 4.88 Å². The Morgan fingerprint density at radius 1 is 1.20 bits per heavy atom. The predicted octanol–water partition coefficient (Wildman–Crippen LogP) is 1.43. The molecule has 1 amide bonds. The van der Waals surface area contributed by atoms with Gasteiger partial charge in [0.15, 0.2) is 0 Å². The molecule has 0 aromatic carbocycles. The second kappa shape index (κ2) is 8.29. The van der Waals surface area contributed by atoms with Crippen molar-refractivity contribution in [1.29, 1.82) is 0 Å². The minimum absolute atomic E-state index is 0.133. The molecular formula is C18H27N3O3S. The van der Waals surface area contributed by atoms with Crippen LogP contribution in [0.2, 0.25) is 0 Å². The molecule has 138 valence electrons. The fourth-order valence-corrected chi connectivity index (χ4v) is 4.59. The Morgan fingerprint density at radius 3 is 2.60 bits per heavy atom. The molecule has 0 spiro atoms. The molecule has 1 aromatic heterocycles. The molecule has 25 heavy (non-hydrogen) atoms. The highest BCUT2D eigenvalue weighted by molar-refractivity contribution is 7.09. The Bertz CT molecular complexity index is 584. The van der Waals surface area contributed by atoms with Crippen molar-refractivity contribution < 1.29 is 14.7 Å². The van der Waals surface area contributed by atoms with Gasteiger partial charge in [-0.15, -0.1) is 11.3 Å². The lowest BCUT2D eigenvalue weighted by molar-refractivity contribution is -0.146. The topological polar surface area (TPSA) is 64.1 Å². The number of piperazine rings is 1. The van der Waals surface area contributed by atoms with E-state index in [9.17, 15) is 14.7 Å². The Labute approximate surface area is 153 Å². The summed E-state index contributed by atoms with van der Waals surface area (Å²) in [6, 6.07) is 4.22. The van der Waals surface area contributed by atoms with Crippen LogP contribution in [-0.2, 0) is 16.1 Å². The van der Waals surface area contributed by atoms with Gasteiger partial charge in [0.25, 0.3) is 0 Å². The van der Waals surface area contributed by atoms with E-state index in [1.54, 1.807) is 11.3 Å². The van der Waals surface area contributed by atoms with E-state index in [1.807, 2.05) is 9.80 Å². The van der Waals surface area contributed by atoms with E-state index < -0.39 is 5.97 Å². The van der Waals surface area contributed by atoms with Gasteiger partial charge in [-0.05, 0) is 23.8 Å². The molecule has 0 saturated carbocycles. The van der Waals surface area contributed by atoms with Crippen molar-refractivity contribution in [3.05, 3.63) is 22.4 Å². The second-order valence-electron chi connectivity index (χ2n) is 7.31. The lowest BCUT2D eigenvalue weighted by atomic mass is 9.90. The SMILES string of the molecule is CC1CC(C(=O)O)CN(CC(=O)N2CCN(Cc3cccs3)CC2)C1. The quantitative estimate of drug-likeness (QED) is 0.855. The summed E-state index contributed by atoms with van der Waals surface area (Å²) in [7, 11) is 0. The molecular weight excluding hydrogens is 338 g/mol. The van der Waals surface area contributed by atoms with Gasteiger partial charge in [0.1, 0.15) is 0 Å². The van der Waals surface area contributed by atoms with Gasteiger partial charge >= 0.3 is 5.97 Å². The molecule has 0 bridgehead atoms. The van der Waals surface area contributed by atoms with Crippen LogP contribution in [0, 0.1) is 11.8 Å². The van der Waals surface area contributed by atoms with Gasteiger partial charge in [0.05, 0.1) is 12.5 Å². The van der Waals surface area contributed by atoms with Gasteiger partial charge in [-0.25, -0.2) is 0 Å². The Kier molecular flexibility index (Phi) is 6.09. The zero-order valence-electron chi connectivity index (χ0n) is 14.8. The maximum atomic E-state index is 12.6. The van der Waals surface area contributed by atoms with Crippen LogP contribution in [0.5, 0.6) is 0 Å². The normalized spacial score (nSPS) is 25.9. The maximum Gasteiger partial charge on any atom is 0.307 e. The van der Waals surface area contributed by atoms with Gasteiger partial charge in [-0.3, -0.25) is 19.4 Å². The standard InChI is InChI=1S/C18H27N3O3S/c1-14-9-15(18(23)24)11-20(10-14)13-17(22)21-6-4-19(5-7-21)12-16-3-2-8-25-16/h2-3,8,14-15H,4-7,9-13H2,1H3,(H,23,24). The number of carboxylic acids is 1. The number of aliphatic carboxylic acids is 1. The minimum atomic E-state index is -0.744. The first kappa shape index (κ1) is 18.4. The van der Waals surface area contributed by atoms with Gasteiger partial charge in [-0.1, -0.05) is 13.0 Å². The first-order chi connectivity index (χ1) is 12.0. The average molecular weight is 365 g/mol. The molecule has 2 aliphatic heterocycles. The molecule has 0 aliphatic carbocycles. The van der Waals surface area contributed by atoms with Crippen LogP contribution in [0.25, 0.3) is 0 Å². The van der Waals surface area contributed by atoms with Crippen LogP contribution in [0.3, 0.4) is 0 Å². The predicted molar refractivity (Wildman–Crippen MR) is 97.5 cm³/mol. The number of rotatable bonds is 5. The third-order valence-corrected chi connectivity index (χ3v) is 5.99. The zero-order chi connectivity index (χ0) is 17.8. The number of carbonyl (C=O) groups is 2.